The van der Waals surface area contributed by atoms with Crippen molar-refractivity contribution in [1.29, 1.82) is 0 Å². The summed E-state index contributed by atoms with van der Waals surface area (Å²) < 4.78 is 0. The fourth-order valence-corrected chi connectivity index (χ4v) is 2.69. The van der Waals surface area contributed by atoms with Crippen molar-refractivity contribution < 1.29 is 0 Å². The lowest BCUT2D eigenvalue weighted by molar-refractivity contribution is 0.723. The molecule has 0 radical (unpaired) electrons. The lowest BCUT2D eigenvalue weighted by Crippen LogP contribution is -2.11. The van der Waals surface area contributed by atoms with Crippen LogP contribution in [0.4, 0.5) is 0 Å². The van der Waals surface area contributed by atoms with Crippen molar-refractivity contribution in [2.24, 2.45) is 0 Å². The van der Waals surface area contributed by atoms with E-state index in [1.54, 1.807) is 11.8 Å². The number of nitrogens with zero attached hydrogens (tertiary/aromatic N) is 1. The molecule has 19 heavy (non-hydrogen) atoms. The van der Waals surface area contributed by atoms with Gasteiger partial charge >= 0.3 is 0 Å². The van der Waals surface area contributed by atoms with Gasteiger partial charge in [-0.2, -0.15) is 0 Å². The van der Waals surface area contributed by atoms with E-state index in [1.807, 2.05) is 6.20 Å². The third kappa shape index (κ3) is 4.08. The minimum Gasteiger partial charge on any atom is -0.313 e. The molecule has 1 heterocycles. The van der Waals surface area contributed by atoms with Gasteiger partial charge in [0.2, 0.25) is 0 Å². The highest BCUT2D eigenvalue weighted by atomic mass is 32.2. The monoisotopic (exact) mass is 272 g/mol. The fraction of sp³-hybridized carbons (Fsp3) is 0.312. The first-order chi connectivity index (χ1) is 9.19. The molecule has 1 aromatic carbocycles. The molecule has 0 aliphatic carbocycles. The van der Waals surface area contributed by atoms with Crippen LogP contribution in [0.2, 0.25) is 0 Å². The summed E-state index contributed by atoms with van der Waals surface area (Å²) in [6, 6.07) is 10.8. The minimum absolute atomic E-state index is 0.887. The zero-order chi connectivity index (χ0) is 13.7. The summed E-state index contributed by atoms with van der Waals surface area (Å²) >= 11 is 1.72. The Morgan fingerprint density at radius 3 is 2.63 bits per heavy atom. The Kier molecular flexibility index (Phi) is 5.00. The molecule has 0 saturated carbocycles. The van der Waals surface area contributed by atoms with Gasteiger partial charge in [-0.25, -0.2) is 4.98 Å². The third-order valence-electron chi connectivity index (χ3n) is 2.92. The molecule has 0 aliphatic heterocycles. The molecule has 0 spiro atoms. The van der Waals surface area contributed by atoms with E-state index in [1.165, 1.54) is 21.6 Å². The molecule has 2 rings (SSSR count). The number of hydrogen-bond acceptors (Lipinski definition) is 3. The minimum atomic E-state index is 0.887. The van der Waals surface area contributed by atoms with Crippen LogP contribution in [-0.4, -0.2) is 11.5 Å². The van der Waals surface area contributed by atoms with Crippen LogP contribution in [0.15, 0.2) is 46.5 Å². The van der Waals surface area contributed by atoms with Crippen LogP contribution in [-0.2, 0) is 6.54 Å². The molecule has 0 unspecified atom stereocenters. The molecule has 2 aromatic rings. The summed E-state index contributed by atoms with van der Waals surface area (Å²) in [5.74, 6) is 0. The van der Waals surface area contributed by atoms with E-state index in [-0.39, 0.29) is 0 Å². The highest BCUT2D eigenvalue weighted by Crippen LogP contribution is 2.29. The third-order valence-corrected chi connectivity index (χ3v) is 4.05. The Labute approximate surface area is 119 Å². The molecule has 0 bridgehead atoms. The Balaban J connectivity index is 2.06. The van der Waals surface area contributed by atoms with Crippen molar-refractivity contribution >= 4 is 11.8 Å². The SMILES string of the molecule is CCNCc1ccc(Sc2ccc(C)cc2C)nc1. The lowest BCUT2D eigenvalue weighted by Gasteiger charge is -2.07. The van der Waals surface area contributed by atoms with Crippen LogP contribution >= 0.6 is 11.8 Å². The summed E-state index contributed by atoms with van der Waals surface area (Å²) in [5, 5.41) is 4.35. The first-order valence-corrected chi connectivity index (χ1v) is 7.41. The first-order valence-electron chi connectivity index (χ1n) is 6.60. The van der Waals surface area contributed by atoms with E-state index in [9.17, 15) is 0 Å². The number of pyridine rings is 1. The van der Waals surface area contributed by atoms with Crippen molar-refractivity contribution in [2.75, 3.05) is 6.54 Å². The van der Waals surface area contributed by atoms with Crippen molar-refractivity contribution in [2.45, 2.75) is 37.2 Å². The van der Waals surface area contributed by atoms with Crippen molar-refractivity contribution in [1.82, 2.24) is 10.3 Å². The maximum Gasteiger partial charge on any atom is 0.101 e. The van der Waals surface area contributed by atoms with Gasteiger partial charge in [0.1, 0.15) is 5.03 Å². The number of hydrogen-bond donors (Lipinski definition) is 1. The summed E-state index contributed by atoms with van der Waals surface area (Å²) in [5.41, 5.74) is 3.84. The second kappa shape index (κ2) is 6.73. The van der Waals surface area contributed by atoms with E-state index >= 15 is 0 Å². The fourth-order valence-electron chi connectivity index (χ4n) is 1.87. The Bertz CT molecular complexity index is 535. The molecule has 1 N–H and O–H groups in total. The predicted molar refractivity (Wildman–Crippen MR) is 81.7 cm³/mol. The number of aryl methyl sites for hydroxylation is 2. The maximum absolute atomic E-state index is 4.51. The van der Waals surface area contributed by atoms with Crippen molar-refractivity contribution in [3.8, 4) is 0 Å². The summed E-state index contributed by atoms with van der Waals surface area (Å²) in [4.78, 5) is 5.79. The van der Waals surface area contributed by atoms with Gasteiger partial charge in [-0.1, -0.05) is 42.4 Å². The first kappa shape index (κ1) is 14.1. The smallest absolute Gasteiger partial charge is 0.101 e. The molecular formula is C16H20N2S. The quantitative estimate of drug-likeness (QED) is 0.892. The molecule has 1 aromatic heterocycles. The summed E-state index contributed by atoms with van der Waals surface area (Å²) in [6.45, 7) is 8.25. The summed E-state index contributed by atoms with van der Waals surface area (Å²) in [6.07, 6.45) is 1.95. The standard InChI is InChI=1S/C16H20N2S/c1-4-17-10-14-6-8-16(18-11-14)19-15-7-5-12(2)9-13(15)3/h5-9,11,17H,4,10H2,1-3H3. The van der Waals surface area contributed by atoms with Gasteiger partial charge in [-0.3, -0.25) is 0 Å². The average molecular weight is 272 g/mol. The second-order valence-electron chi connectivity index (χ2n) is 4.66. The molecule has 2 nitrogen and oxygen atoms in total. The van der Waals surface area contributed by atoms with Gasteiger partial charge in [0, 0.05) is 17.6 Å². The van der Waals surface area contributed by atoms with Gasteiger partial charge in [-0.15, -0.1) is 0 Å². The summed E-state index contributed by atoms with van der Waals surface area (Å²) in [7, 11) is 0. The highest BCUT2D eigenvalue weighted by molar-refractivity contribution is 7.99. The van der Waals surface area contributed by atoms with Gasteiger partial charge in [-0.05, 0) is 43.7 Å². The molecule has 0 fully saturated rings. The van der Waals surface area contributed by atoms with Gasteiger partial charge in [0.05, 0.1) is 0 Å². The number of aromatic nitrogens is 1. The topological polar surface area (TPSA) is 24.9 Å². The van der Waals surface area contributed by atoms with E-state index in [4.69, 9.17) is 0 Å². The highest BCUT2D eigenvalue weighted by Gasteiger charge is 2.03. The zero-order valence-corrected chi connectivity index (χ0v) is 12.6. The number of nitrogens with one attached hydrogen (secondary N) is 1. The molecular weight excluding hydrogens is 252 g/mol. The molecule has 100 valence electrons. The van der Waals surface area contributed by atoms with Crippen LogP contribution < -0.4 is 5.32 Å². The largest absolute Gasteiger partial charge is 0.313 e. The van der Waals surface area contributed by atoms with Crippen molar-refractivity contribution in [3.63, 3.8) is 0 Å². The van der Waals surface area contributed by atoms with Crippen LogP contribution in [0.3, 0.4) is 0 Å². The molecule has 0 atom stereocenters. The van der Waals surface area contributed by atoms with Gasteiger partial charge in [0.25, 0.3) is 0 Å². The predicted octanol–water partition coefficient (Wildman–Crippen LogP) is 3.96. The van der Waals surface area contributed by atoms with Crippen LogP contribution in [0.25, 0.3) is 0 Å². The second-order valence-corrected chi connectivity index (χ2v) is 5.72. The Morgan fingerprint density at radius 1 is 1.16 bits per heavy atom. The lowest BCUT2D eigenvalue weighted by atomic mass is 10.2. The van der Waals surface area contributed by atoms with Crippen molar-refractivity contribution in [3.05, 3.63) is 53.2 Å². The molecule has 0 amide bonds. The van der Waals surface area contributed by atoms with Crippen LogP contribution in [0, 0.1) is 13.8 Å². The van der Waals surface area contributed by atoms with Crippen LogP contribution in [0.1, 0.15) is 23.6 Å². The maximum atomic E-state index is 4.51. The zero-order valence-electron chi connectivity index (χ0n) is 11.7. The van der Waals surface area contributed by atoms with E-state index in [0.717, 1.165) is 18.1 Å². The number of benzene rings is 1. The number of rotatable bonds is 5. The molecule has 0 aliphatic rings. The van der Waals surface area contributed by atoms with Crippen LogP contribution in [0.5, 0.6) is 0 Å². The van der Waals surface area contributed by atoms with Gasteiger partial charge < -0.3 is 5.32 Å². The Morgan fingerprint density at radius 2 is 2.00 bits per heavy atom. The van der Waals surface area contributed by atoms with Gasteiger partial charge in [0.15, 0.2) is 0 Å². The molecule has 0 saturated heterocycles. The Hall–Kier alpha value is -1.32. The van der Waals surface area contributed by atoms with E-state index in [0.29, 0.717) is 0 Å². The average Bonchev–Trinajstić information content (AvgIpc) is 2.41. The normalized spacial score (nSPS) is 10.7. The van der Waals surface area contributed by atoms with E-state index in [2.05, 4.69) is 61.4 Å². The molecule has 3 heteroatoms. The van der Waals surface area contributed by atoms with E-state index < -0.39 is 0 Å².